The van der Waals surface area contributed by atoms with Gasteiger partial charge in [-0.05, 0) is 51.6 Å². The first-order chi connectivity index (χ1) is 12.4. The van der Waals surface area contributed by atoms with Gasteiger partial charge in [-0.2, -0.15) is 13.2 Å². The summed E-state index contributed by atoms with van der Waals surface area (Å²) in [5.74, 6) is 1.94. The lowest BCUT2D eigenvalue weighted by Crippen LogP contribution is -2.42. The third kappa shape index (κ3) is 7.70. The molecule has 5 nitrogen and oxygen atoms in total. The standard InChI is InChI=1S/C18H33F3N4O/c1-3-22-17(24(2)12-16-7-11-26-13-16)23-8-4-15-5-9-25(10-6-15)14-18(19,20)21/h15-16H,3-14H2,1-2H3,(H,22,23). The second-order valence-electron chi connectivity index (χ2n) is 7.47. The molecular weight excluding hydrogens is 345 g/mol. The van der Waals surface area contributed by atoms with E-state index in [0.717, 1.165) is 64.5 Å². The number of hydrogen-bond acceptors (Lipinski definition) is 3. The van der Waals surface area contributed by atoms with Gasteiger partial charge in [0.05, 0.1) is 13.2 Å². The molecule has 0 amide bonds. The lowest BCUT2D eigenvalue weighted by Gasteiger charge is -2.32. The molecule has 0 aromatic rings. The zero-order valence-electron chi connectivity index (χ0n) is 16.0. The number of likely N-dealkylation sites (tertiary alicyclic amines) is 1. The second kappa shape index (κ2) is 10.3. The molecule has 0 aliphatic carbocycles. The minimum Gasteiger partial charge on any atom is -0.381 e. The Kier molecular flexibility index (Phi) is 8.47. The van der Waals surface area contributed by atoms with Gasteiger partial charge < -0.3 is 15.0 Å². The van der Waals surface area contributed by atoms with E-state index in [1.165, 1.54) is 4.90 Å². The molecule has 2 saturated heterocycles. The number of piperidine rings is 1. The van der Waals surface area contributed by atoms with Crippen LogP contribution in [0.15, 0.2) is 4.99 Å². The number of nitrogens with one attached hydrogen (secondary N) is 1. The van der Waals surface area contributed by atoms with Gasteiger partial charge in [-0.1, -0.05) is 0 Å². The van der Waals surface area contributed by atoms with Crippen molar-refractivity contribution in [1.82, 2.24) is 15.1 Å². The average Bonchev–Trinajstić information content (AvgIpc) is 3.07. The normalized spacial score (nSPS) is 23.4. The van der Waals surface area contributed by atoms with Crippen LogP contribution in [0.2, 0.25) is 0 Å². The topological polar surface area (TPSA) is 40.1 Å². The van der Waals surface area contributed by atoms with Crippen LogP contribution < -0.4 is 5.32 Å². The van der Waals surface area contributed by atoms with Gasteiger partial charge >= 0.3 is 6.18 Å². The van der Waals surface area contributed by atoms with Crippen molar-refractivity contribution in [2.24, 2.45) is 16.8 Å². The quantitative estimate of drug-likeness (QED) is 0.546. The van der Waals surface area contributed by atoms with Crippen LogP contribution in [0.4, 0.5) is 13.2 Å². The molecule has 1 atom stereocenters. The van der Waals surface area contributed by atoms with Crippen LogP contribution in [-0.4, -0.2) is 81.5 Å². The number of ether oxygens (including phenoxy) is 1. The van der Waals surface area contributed by atoms with Gasteiger partial charge in [-0.3, -0.25) is 9.89 Å². The van der Waals surface area contributed by atoms with Crippen molar-refractivity contribution in [1.29, 1.82) is 0 Å². The van der Waals surface area contributed by atoms with Crippen molar-refractivity contribution >= 4 is 5.96 Å². The first-order valence-corrected chi connectivity index (χ1v) is 9.73. The fraction of sp³-hybridized carbons (Fsp3) is 0.944. The molecule has 1 N–H and O–H groups in total. The summed E-state index contributed by atoms with van der Waals surface area (Å²) >= 11 is 0. The lowest BCUT2D eigenvalue weighted by molar-refractivity contribution is -0.148. The van der Waals surface area contributed by atoms with Crippen molar-refractivity contribution in [3.63, 3.8) is 0 Å². The summed E-state index contributed by atoms with van der Waals surface area (Å²) in [6, 6.07) is 0. The first kappa shape index (κ1) is 21.3. The zero-order valence-corrected chi connectivity index (χ0v) is 16.0. The highest BCUT2D eigenvalue weighted by molar-refractivity contribution is 5.79. The largest absolute Gasteiger partial charge is 0.401 e. The van der Waals surface area contributed by atoms with Crippen LogP contribution in [-0.2, 0) is 4.74 Å². The highest BCUT2D eigenvalue weighted by Crippen LogP contribution is 2.24. The van der Waals surface area contributed by atoms with Crippen molar-refractivity contribution < 1.29 is 17.9 Å². The number of aliphatic imine (C=N–C) groups is 1. The van der Waals surface area contributed by atoms with Crippen molar-refractivity contribution in [2.75, 3.05) is 59.5 Å². The minimum absolute atomic E-state index is 0.472. The monoisotopic (exact) mass is 378 g/mol. The van der Waals surface area contributed by atoms with E-state index >= 15 is 0 Å². The molecule has 2 aliphatic rings. The molecule has 2 heterocycles. The molecule has 8 heteroatoms. The number of guanidine groups is 1. The van der Waals surface area contributed by atoms with Crippen molar-refractivity contribution in [2.45, 2.75) is 38.8 Å². The molecule has 2 aliphatic heterocycles. The number of nitrogens with zero attached hydrogens (tertiary/aromatic N) is 3. The predicted molar refractivity (Wildman–Crippen MR) is 97.4 cm³/mol. The van der Waals surface area contributed by atoms with E-state index in [0.29, 0.717) is 24.9 Å². The van der Waals surface area contributed by atoms with E-state index in [1.54, 1.807) is 0 Å². The molecular formula is C18H33F3N4O. The summed E-state index contributed by atoms with van der Waals surface area (Å²) in [7, 11) is 2.05. The minimum atomic E-state index is -4.09. The molecule has 2 fully saturated rings. The van der Waals surface area contributed by atoms with Gasteiger partial charge in [0.2, 0.25) is 0 Å². The zero-order chi connectivity index (χ0) is 19.0. The smallest absolute Gasteiger partial charge is 0.381 e. The Hall–Kier alpha value is -1.02. The SMILES string of the molecule is CCNC(=NCCC1CCN(CC(F)(F)F)CC1)N(C)CC1CCOC1. The third-order valence-corrected chi connectivity index (χ3v) is 5.16. The summed E-state index contributed by atoms with van der Waals surface area (Å²) < 4.78 is 42.8. The number of rotatable bonds is 7. The van der Waals surface area contributed by atoms with Gasteiger partial charge in [-0.25, -0.2) is 0 Å². The summed E-state index contributed by atoms with van der Waals surface area (Å²) in [4.78, 5) is 8.40. The van der Waals surface area contributed by atoms with Crippen molar-refractivity contribution in [3.05, 3.63) is 0 Å². The summed E-state index contributed by atoms with van der Waals surface area (Å²) in [5.41, 5.74) is 0. The summed E-state index contributed by atoms with van der Waals surface area (Å²) in [6.45, 7) is 6.49. The molecule has 26 heavy (non-hydrogen) atoms. The molecule has 0 spiro atoms. The molecule has 1 unspecified atom stereocenters. The average molecular weight is 378 g/mol. The van der Waals surface area contributed by atoms with E-state index in [1.807, 2.05) is 0 Å². The van der Waals surface area contributed by atoms with Crippen LogP contribution in [0.25, 0.3) is 0 Å². The maximum absolute atomic E-state index is 12.4. The highest BCUT2D eigenvalue weighted by Gasteiger charge is 2.32. The van der Waals surface area contributed by atoms with Crippen LogP contribution in [0.3, 0.4) is 0 Å². The Morgan fingerprint density at radius 3 is 2.54 bits per heavy atom. The van der Waals surface area contributed by atoms with Gasteiger partial charge in [-0.15, -0.1) is 0 Å². The summed E-state index contributed by atoms with van der Waals surface area (Å²) in [6.07, 6.45) is -0.392. The van der Waals surface area contributed by atoms with E-state index in [4.69, 9.17) is 9.73 Å². The third-order valence-electron chi connectivity index (χ3n) is 5.16. The van der Waals surface area contributed by atoms with E-state index in [9.17, 15) is 13.2 Å². The number of alkyl halides is 3. The highest BCUT2D eigenvalue weighted by atomic mass is 19.4. The predicted octanol–water partition coefficient (Wildman–Crippen LogP) is 2.58. The molecule has 0 aromatic heterocycles. The van der Waals surface area contributed by atoms with Gasteiger partial charge in [0.25, 0.3) is 0 Å². The molecule has 0 radical (unpaired) electrons. The maximum Gasteiger partial charge on any atom is 0.401 e. The van der Waals surface area contributed by atoms with Crippen molar-refractivity contribution in [3.8, 4) is 0 Å². The first-order valence-electron chi connectivity index (χ1n) is 9.73. The van der Waals surface area contributed by atoms with E-state index in [-0.39, 0.29) is 0 Å². The van der Waals surface area contributed by atoms with Gasteiger partial charge in [0.15, 0.2) is 5.96 Å². The molecule has 0 saturated carbocycles. The second-order valence-corrected chi connectivity index (χ2v) is 7.47. The lowest BCUT2D eigenvalue weighted by atomic mass is 9.93. The van der Waals surface area contributed by atoms with Crippen LogP contribution in [0.1, 0.15) is 32.6 Å². The maximum atomic E-state index is 12.4. The Labute approximate surface area is 155 Å². The Balaban J connectivity index is 1.72. The molecule has 0 bridgehead atoms. The number of hydrogen-bond donors (Lipinski definition) is 1. The van der Waals surface area contributed by atoms with Crippen LogP contribution >= 0.6 is 0 Å². The van der Waals surface area contributed by atoms with Crippen LogP contribution in [0, 0.1) is 11.8 Å². The molecule has 0 aromatic carbocycles. The van der Waals surface area contributed by atoms with E-state index < -0.39 is 12.7 Å². The van der Waals surface area contributed by atoms with Gasteiger partial charge in [0.1, 0.15) is 0 Å². The summed E-state index contributed by atoms with van der Waals surface area (Å²) in [5, 5.41) is 3.33. The Bertz CT molecular complexity index is 431. The number of halogens is 3. The molecule has 2 rings (SSSR count). The van der Waals surface area contributed by atoms with Crippen LogP contribution in [0.5, 0.6) is 0 Å². The Morgan fingerprint density at radius 1 is 1.23 bits per heavy atom. The molecule has 152 valence electrons. The van der Waals surface area contributed by atoms with Gasteiger partial charge in [0, 0.05) is 39.2 Å². The fourth-order valence-corrected chi connectivity index (χ4v) is 3.71. The fourth-order valence-electron chi connectivity index (χ4n) is 3.71. The Morgan fingerprint density at radius 2 is 1.96 bits per heavy atom. The van der Waals surface area contributed by atoms with E-state index in [2.05, 4.69) is 24.2 Å².